The molecule has 3 aromatic carbocycles. The number of carbonyl (C=O) groups is 2. The normalized spacial score (nSPS) is 18.0. The Morgan fingerprint density at radius 2 is 1.81 bits per heavy atom. The van der Waals surface area contributed by atoms with E-state index in [0.29, 0.717) is 13.1 Å². The van der Waals surface area contributed by atoms with Gasteiger partial charge in [0.15, 0.2) is 5.75 Å². The quantitative estimate of drug-likeness (QED) is 0.321. The highest BCUT2D eigenvalue weighted by atomic mass is 32.2. The molecule has 0 radical (unpaired) electrons. The number of hydrogen-bond acceptors (Lipinski definition) is 7. The van der Waals surface area contributed by atoms with E-state index in [1.807, 2.05) is 18.9 Å². The maximum Gasteiger partial charge on any atom is 0.335 e. The van der Waals surface area contributed by atoms with Crippen molar-refractivity contribution in [1.29, 1.82) is 0 Å². The van der Waals surface area contributed by atoms with Crippen LogP contribution in [0.2, 0.25) is 0 Å². The fourth-order valence-corrected chi connectivity index (χ4v) is 5.86. The van der Waals surface area contributed by atoms with E-state index in [0.717, 1.165) is 29.8 Å². The van der Waals surface area contributed by atoms with E-state index in [9.17, 15) is 32.6 Å². The molecule has 1 aliphatic heterocycles. The Balaban J connectivity index is 1.67. The van der Waals surface area contributed by atoms with Crippen molar-refractivity contribution >= 4 is 27.6 Å². The third-order valence-corrected chi connectivity index (χ3v) is 8.59. The van der Waals surface area contributed by atoms with Crippen molar-refractivity contribution in [3.05, 3.63) is 89.2 Å². The number of aromatic carboxylic acids is 1. The average Bonchev–Trinajstić information content (AvgIpc) is 2.95. The minimum absolute atomic E-state index is 0.0489. The van der Waals surface area contributed by atoms with E-state index in [1.54, 1.807) is 30.0 Å². The molecule has 0 aliphatic carbocycles. The van der Waals surface area contributed by atoms with Crippen LogP contribution in [0.15, 0.2) is 71.6 Å². The number of aliphatic hydroxyl groups is 1. The highest BCUT2D eigenvalue weighted by Gasteiger charge is 2.35. The van der Waals surface area contributed by atoms with Crippen LogP contribution >= 0.6 is 0 Å². The Labute approximate surface area is 244 Å². The molecule has 0 spiro atoms. The van der Waals surface area contributed by atoms with Gasteiger partial charge in [0.25, 0.3) is 15.9 Å². The second kappa shape index (κ2) is 12.9. The number of carbonyl (C=O) groups excluding carboxylic acids is 1. The third-order valence-electron chi connectivity index (χ3n) is 7.20. The van der Waals surface area contributed by atoms with Crippen LogP contribution in [0.1, 0.15) is 40.1 Å². The van der Waals surface area contributed by atoms with Crippen LogP contribution in [0.3, 0.4) is 0 Å². The first-order valence-corrected chi connectivity index (χ1v) is 14.9. The first-order valence-electron chi connectivity index (χ1n) is 13.4. The fourth-order valence-electron chi connectivity index (χ4n) is 4.80. The van der Waals surface area contributed by atoms with Crippen LogP contribution in [0.4, 0.5) is 10.1 Å². The molecule has 1 amide bonds. The van der Waals surface area contributed by atoms with Crippen molar-refractivity contribution in [1.82, 2.24) is 9.80 Å². The van der Waals surface area contributed by atoms with Gasteiger partial charge in [-0.3, -0.25) is 14.4 Å². The summed E-state index contributed by atoms with van der Waals surface area (Å²) in [6.45, 7) is 4.54. The average molecular weight is 600 g/mol. The van der Waals surface area contributed by atoms with Gasteiger partial charge in [0, 0.05) is 25.6 Å². The van der Waals surface area contributed by atoms with E-state index in [4.69, 9.17) is 4.74 Å². The van der Waals surface area contributed by atoms with Crippen molar-refractivity contribution in [2.75, 3.05) is 31.5 Å². The predicted molar refractivity (Wildman–Crippen MR) is 155 cm³/mol. The number of likely N-dealkylation sites (N-methyl/N-ethyl adjacent to an activating group) is 1. The number of amides is 1. The zero-order valence-electron chi connectivity index (χ0n) is 23.5. The molecule has 1 heterocycles. The summed E-state index contributed by atoms with van der Waals surface area (Å²) in [7, 11) is -2.28. The van der Waals surface area contributed by atoms with Gasteiger partial charge in [-0.15, -0.1) is 0 Å². The molecule has 224 valence electrons. The molecule has 0 aromatic heterocycles. The number of halogens is 1. The smallest absolute Gasteiger partial charge is 0.335 e. The van der Waals surface area contributed by atoms with Crippen LogP contribution in [-0.2, 0) is 16.6 Å². The molecule has 10 nitrogen and oxygen atoms in total. The number of nitrogens with zero attached hydrogens (tertiary/aromatic N) is 2. The summed E-state index contributed by atoms with van der Waals surface area (Å²) in [5.74, 6) is -2.17. The number of carboxylic acids is 1. The largest absolute Gasteiger partial charge is 0.486 e. The number of aliphatic hydroxyl groups excluding tert-OH is 1. The maximum atomic E-state index is 13.7. The molecule has 3 N–H and O–H groups in total. The zero-order chi connectivity index (χ0) is 30.6. The maximum absolute atomic E-state index is 13.7. The molecule has 4 rings (SSSR count). The van der Waals surface area contributed by atoms with Crippen molar-refractivity contribution in [2.24, 2.45) is 5.92 Å². The van der Waals surface area contributed by atoms with Crippen molar-refractivity contribution in [3.8, 4) is 5.75 Å². The molecule has 0 saturated carbocycles. The van der Waals surface area contributed by atoms with Gasteiger partial charge in [-0.25, -0.2) is 17.6 Å². The molecule has 0 unspecified atom stereocenters. The predicted octanol–water partition coefficient (Wildman–Crippen LogP) is 3.68. The van der Waals surface area contributed by atoms with Crippen molar-refractivity contribution in [3.63, 3.8) is 0 Å². The number of benzene rings is 3. The van der Waals surface area contributed by atoms with Crippen LogP contribution in [-0.4, -0.2) is 79.2 Å². The number of ether oxygens (including phenoxy) is 1. The summed E-state index contributed by atoms with van der Waals surface area (Å²) in [5.41, 5.74) is 1.26. The Bertz CT molecular complexity index is 1530. The minimum atomic E-state index is -4.15. The van der Waals surface area contributed by atoms with E-state index >= 15 is 0 Å². The Kier molecular flexibility index (Phi) is 9.50. The van der Waals surface area contributed by atoms with E-state index < -0.39 is 39.9 Å². The molecule has 3 aromatic rings. The van der Waals surface area contributed by atoms with Gasteiger partial charge in [0.05, 0.1) is 34.4 Å². The topological polar surface area (TPSA) is 136 Å². The van der Waals surface area contributed by atoms with E-state index in [2.05, 4.69) is 4.72 Å². The molecule has 0 fully saturated rings. The Morgan fingerprint density at radius 1 is 1.14 bits per heavy atom. The zero-order valence-corrected chi connectivity index (χ0v) is 24.3. The number of rotatable bonds is 10. The molecular weight excluding hydrogens is 565 g/mol. The number of fused-ring (bicyclic) bond motifs is 1. The molecule has 42 heavy (non-hydrogen) atoms. The first kappa shape index (κ1) is 30.9. The lowest BCUT2D eigenvalue weighted by Crippen LogP contribution is -2.49. The van der Waals surface area contributed by atoms with E-state index in [1.165, 1.54) is 24.3 Å². The van der Waals surface area contributed by atoms with Gasteiger partial charge in [-0.2, -0.15) is 0 Å². The summed E-state index contributed by atoms with van der Waals surface area (Å²) in [4.78, 5) is 28.3. The number of nitrogens with one attached hydrogen (secondary N) is 1. The van der Waals surface area contributed by atoms with Gasteiger partial charge in [0.2, 0.25) is 0 Å². The molecular formula is C30H34FN3O7S. The molecule has 12 heteroatoms. The molecule has 0 bridgehead atoms. The van der Waals surface area contributed by atoms with Crippen molar-refractivity contribution < 1.29 is 37.3 Å². The second-order valence-electron chi connectivity index (χ2n) is 10.6. The minimum Gasteiger partial charge on any atom is -0.486 e. The van der Waals surface area contributed by atoms with Gasteiger partial charge < -0.3 is 19.8 Å². The fraction of sp³-hybridized carbons (Fsp3) is 0.333. The summed E-state index contributed by atoms with van der Waals surface area (Å²) in [6, 6.07) is 15.0. The lowest BCUT2D eigenvalue weighted by Gasteiger charge is -2.38. The highest BCUT2D eigenvalue weighted by Crippen LogP contribution is 2.36. The number of para-hydroxylation sites is 1. The van der Waals surface area contributed by atoms with Crippen molar-refractivity contribution in [2.45, 2.75) is 37.4 Å². The standard InChI is InChI=1S/C30H34FN3O7S/c1-19-15-34(20(2)18-35)29(36)25-5-4-6-26(32-42(39,40)24-13-11-23(31)12-14-24)28(25)41-27(19)17-33(3)16-21-7-9-22(10-8-21)30(37)38/h4-14,19-20,27,32,35H,15-18H2,1-3H3,(H,37,38)/t19-,20-,27+/m0/s1. The van der Waals surface area contributed by atoms with Gasteiger partial charge in [-0.05, 0) is 68.1 Å². The summed E-state index contributed by atoms with van der Waals surface area (Å²) in [6.07, 6.45) is -0.509. The molecule has 1 aliphatic rings. The third kappa shape index (κ3) is 7.07. The van der Waals surface area contributed by atoms with Crippen LogP contribution in [0, 0.1) is 11.7 Å². The highest BCUT2D eigenvalue weighted by molar-refractivity contribution is 7.92. The monoisotopic (exact) mass is 599 g/mol. The van der Waals surface area contributed by atoms with Crippen LogP contribution in [0.5, 0.6) is 5.75 Å². The molecule has 0 saturated heterocycles. The van der Waals surface area contributed by atoms with Gasteiger partial charge >= 0.3 is 5.97 Å². The van der Waals surface area contributed by atoms with Crippen LogP contribution in [0.25, 0.3) is 0 Å². The molecule has 3 atom stereocenters. The van der Waals surface area contributed by atoms with E-state index in [-0.39, 0.29) is 46.5 Å². The van der Waals surface area contributed by atoms with Gasteiger partial charge in [-0.1, -0.05) is 25.1 Å². The summed E-state index contributed by atoms with van der Waals surface area (Å²) < 4.78 is 48.8. The SMILES string of the molecule is C[C@H]1CN([C@@H](C)CO)C(=O)c2cccc(NS(=O)(=O)c3ccc(F)cc3)c2O[C@@H]1CN(C)Cc1ccc(C(=O)O)cc1. The lowest BCUT2D eigenvalue weighted by molar-refractivity contribution is 0.0343. The van der Waals surface area contributed by atoms with Crippen LogP contribution < -0.4 is 9.46 Å². The lowest BCUT2D eigenvalue weighted by atomic mass is 9.99. The van der Waals surface area contributed by atoms with Gasteiger partial charge in [0.1, 0.15) is 11.9 Å². The first-order chi connectivity index (χ1) is 19.9. The Morgan fingerprint density at radius 3 is 2.43 bits per heavy atom. The number of hydrogen-bond donors (Lipinski definition) is 3. The Hall–Kier alpha value is -4.00. The number of carboxylic acid groups (broad SMARTS) is 1. The number of sulfonamides is 1. The summed E-state index contributed by atoms with van der Waals surface area (Å²) in [5, 5.41) is 19.1. The number of anilines is 1. The second-order valence-corrected chi connectivity index (χ2v) is 12.2. The summed E-state index contributed by atoms with van der Waals surface area (Å²) >= 11 is 0.